The van der Waals surface area contributed by atoms with Gasteiger partial charge in [0.05, 0.1) is 11.7 Å². The van der Waals surface area contributed by atoms with Gasteiger partial charge in [0.25, 0.3) is 0 Å². The number of rotatable bonds is 4. The largest absolute Gasteiger partial charge is 0.455 e. The fraction of sp³-hybridized carbons (Fsp3) is 0.160. The van der Waals surface area contributed by atoms with Crippen LogP contribution in [0.25, 0.3) is 10.9 Å². The Kier molecular flexibility index (Phi) is 5.52. The second kappa shape index (κ2) is 8.42. The zero-order valence-electron chi connectivity index (χ0n) is 17.5. The van der Waals surface area contributed by atoms with Crippen molar-refractivity contribution in [2.75, 3.05) is 5.32 Å². The first-order chi connectivity index (χ1) is 14.9. The van der Waals surface area contributed by atoms with E-state index in [1.54, 1.807) is 26.2 Å². The van der Waals surface area contributed by atoms with Gasteiger partial charge in [-0.15, -0.1) is 0 Å². The predicted molar refractivity (Wildman–Crippen MR) is 121 cm³/mol. The molecular weight excluding hydrogens is 388 g/mol. The Morgan fingerprint density at radius 1 is 1.06 bits per heavy atom. The van der Waals surface area contributed by atoms with Crippen LogP contribution in [0.3, 0.4) is 0 Å². The summed E-state index contributed by atoms with van der Waals surface area (Å²) in [7, 11) is 0. The second-order valence-corrected chi connectivity index (χ2v) is 7.66. The van der Waals surface area contributed by atoms with Crippen molar-refractivity contribution < 1.29 is 9.84 Å². The van der Waals surface area contributed by atoms with Crippen LogP contribution < -0.4 is 10.1 Å². The van der Waals surface area contributed by atoms with Crippen LogP contribution in [0.1, 0.15) is 25.0 Å². The number of pyridine rings is 1. The number of anilines is 2. The fourth-order valence-corrected chi connectivity index (χ4v) is 2.97. The molecule has 6 heteroatoms. The maximum atomic E-state index is 9.86. The summed E-state index contributed by atoms with van der Waals surface area (Å²) in [6.45, 7) is 5.29. The third-order valence-corrected chi connectivity index (χ3v) is 4.45. The highest BCUT2D eigenvalue weighted by molar-refractivity contribution is 5.91. The zero-order chi connectivity index (χ0) is 21.8. The van der Waals surface area contributed by atoms with Crippen LogP contribution in [0, 0.1) is 18.8 Å². The zero-order valence-corrected chi connectivity index (χ0v) is 17.5. The Morgan fingerprint density at radius 2 is 1.94 bits per heavy atom. The number of fused-ring (bicyclic) bond motifs is 1. The molecule has 0 unspecified atom stereocenters. The lowest BCUT2D eigenvalue weighted by molar-refractivity contribution is 0.143. The van der Waals surface area contributed by atoms with Gasteiger partial charge in [-0.3, -0.25) is 4.98 Å². The van der Waals surface area contributed by atoms with E-state index < -0.39 is 5.60 Å². The molecule has 2 heterocycles. The highest BCUT2D eigenvalue weighted by Gasteiger charge is 2.09. The highest BCUT2D eigenvalue weighted by Crippen LogP contribution is 2.29. The van der Waals surface area contributed by atoms with Gasteiger partial charge in [-0.25, -0.2) is 9.97 Å². The van der Waals surface area contributed by atoms with Crippen LogP contribution in [0.5, 0.6) is 11.5 Å². The molecular formula is C25H22N4O2. The first-order valence-corrected chi connectivity index (χ1v) is 9.83. The first kappa shape index (κ1) is 20.3. The van der Waals surface area contributed by atoms with Gasteiger partial charge < -0.3 is 15.2 Å². The van der Waals surface area contributed by atoms with Gasteiger partial charge in [-0.2, -0.15) is 0 Å². The highest BCUT2D eigenvalue weighted by atomic mass is 16.5. The van der Waals surface area contributed by atoms with E-state index in [2.05, 4.69) is 32.1 Å². The molecule has 0 saturated heterocycles. The summed E-state index contributed by atoms with van der Waals surface area (Å²) < 4.78 is 5.90. The van der Waals surface area contributed by atoms with E-state index in [1.807, 2.05) is 55.5 Å². The van der Waals surface area contributed by atoms with Gasteiger partial charge in [0.1, 0.15) is 29.2 Å². The summed E-state index contributed by atoms with van der Waals surface area (Å²) >= 11 is 0. The number of aromatic nitrogens is 3. The molecule has 154 valence electrons. The number of aryl methyl sites for hydroxylation is 1. The predicted octanol–water partition coefficient (Wildman–Crippen LogP) is 4.99. The average Bonchev–Trinajstić information content (AvgIpc) is 2.75. The molecule has 0 saturated carbocycles. The Hall–Kier alpha value is -3.95. The Bertz CT molecular complexity index is 1290. The van der Waals surface area contributed by atoms with Gasteiger partial charge >= 0.3 is 0 Å². The third kappa shape index (κ3) is 5.16. The van der Waals surface area contributed by atoms with Crippen LogP contribution in [-0.2, 0) is 0 Å². The first-order valence-electron chi connectivity index (χ1n) is 9.83. The number of hydrogen-bond donors (Lipinski definition) is 2. The smallest absolute Gasteiger partial charge is 0.145 e. The fourth-order valence-electron chi connectivity index (χ4n) is 2.97. The number of aliphatic hydroxyl groups is 1. The molecule has 0 atom stereocenters. The Balaban J connectivity index is 1.62. The summed E-state index contributed by atoms with van der Waals surface area (Å²) in [4.78, 5) is 12.8. The maximum Gasteiger partial charge on any atom is 0.145 e. The van der Waals surface area contributed by atoms with Gasteiger partial charge in [0.15, 0.2) is 0 Å². The molecule has 4 aromatic rings. The van der Waals surface area contributed by atoms with E-state index in [0.717, 1.165) is 33.5 Å². The molecule has 0 bridgehead atoms. The summed E-state index contributed by atoms with van der Waals surface area (Å²) in [6.07, 6.45) is 4.91. The number of hydrogen-bond acceptors (Lipinski definition) is 6. The summed E-state index contributed by atoms with van der Waals surface area (Å²) in [5.41, 5.74) is 2.39. The maximum absolute atomic E-state index is 9.86. The Morgan fingerprint density at radius 3 is 2.68 bits per heavy atom. The number of benzene rings is 2. The molecule has 0 aliphatic rings. The minimum absolute atomic E-state index is 0.678. The van der Waals surface area contributed by atoms with Crippen LogP contribution in [0.4, 0.5) is 11.5 Å². The van der Waals surface area contributed by atoms with Crippen LogP contribution >= 0.6 is 0 Å². The summed E-state index contributed by atoms with van der Waals surface area (Å²) in [5.74, 6) is 7.96. The molecule has 0 radical (unpaired) electrons. The van der Waals surface area contributed by atoms with Crippen LogP contribution in [0.2, 0.25) is 0 Å². The van der Waals surface area contributed by atoms with Crippen molar-refractivity contribution in [3.05, 3.63) is 78.4 Å². The number of ether oxygens (including phenoxy) is 1. The third-order valence-electron chi connectivity index (χ3n) is 4.45. The van der Waals surface area contributed by atoms with Crippen LogP contribution in [0.15, 0.2) is 67.3 Å². The average molecular weight is 410 g/mol. The molecule has 0 amide bonds. The lowest BCUT2D eigenvalue weighted by atomic mass is 10.1. The molecule has 4 rings (SSSR count). The van der Waals surface area contributed by atoms with E-state index in [-0.39, 0.29) is 0 Å². The van der Waals surface area contributed by atoms with E-state index in [0.29, 0.717) is 11.6 Å². The summed E-state index contributed by atoms with van der Waals surface area (Å²) in [6, 6.07) is 15.2. The van der Waals surface area contributed by atoms with Gasteiger partial charge in [-0.05, 0) is 74.9 Å². The summed E-state index contributed by atoms with van der Waals surface area (Å²) in [5, 5.41) is 14.1. The van der Waals surface area contributed by atoms with Crippen molar-refractivity contribution in [3.63, 3.8) is 0 Å². The second-order valence-electron chi connectivity index (χ2n) is 7.66. The van der Waals surface area contributed by atoms with Gasteiger partial charge in [-0.1, -0.05) is 11.8 Å². The molecule has 6 nitrogen and oxygen atoms in total. The van der Waals surface area contributed by atoms with Crippen molar-refractivity contribution in [2.24, 2.45) is 0 Å². The Labute approximate surface area is 181 Å². The number of nitrogens with zero attached hydrogens (tertiary/aromatic N) is 3. The molecule has 31 heavy (non-hydrogen) atoms. The minimum atomic E-state index is -1.06. The standard InChI is InChI=1S/C25H22N4O2/c1-17-13-19(7-9-23(17)31-20-5-4-12-26-15-20)29-24-21-14-18(10-11-25(2,3)30)6-8-22(21)27-16-28-24/h4-9,12-16,30H,1-3H3,(H,27,28,29). The molecule has 0 spiro atoms. The molecule has 0 fully saturated rings. The lowest BCUT2D eigenvalue weighted by Gasteiger charge is -2.12. The normalized spacial score (nSPS) is 11.0. The molecule has 2 aromatic heterocycles. The monoisotopic (exact) mass is 410 g/mol. The van der Waals surface area contributed by atoms with Crippen molar-refractivity contribution in [1.82, 2.24) is 15.0 Å². The van der Waals surface area contributed by atoms with Crippen molar-refractivity contribution >= 4 is 22.4 Å². The molecule has 0 aliphatic carbocycles. The quantitative estimate of drug-likeness (QED) is 0.461. The molecule has 2 aromatic carbocycles. The van der Waals surface area contributed by atoms with E-state index >= 15 is 0 Å². The minimum Gasteiger partial charge on any atom is -0.455 e. The van der Waals surface area contributed by atoms with Gasteiger partial charge in [0.2, 0.25) is 0 Å². The van der Waals surface area contributed by atoms with Crippen molar-refractivity contribution in [3.8, 4) is 23.3 Å². The number of nitrogens with one attached hydrogen (secondary N) is 1. The molecule has 0 aliphatic heterocycles. The van der Waals surface area contributed by atoms with E-state index in [1.165, 1.54) is 6.33 Å². The van der Waals surface area contributed by atoms with Crippen molar-refractivity contribution in [1.29, 1.82) is 0 Å². The van der Waals surface area contributed by atoms with E-state index in [9.17, 15) is 5.11 Å². The molecule has 2 N–H and O–H groups in total. The SMILES string of the molecule is Cc1cc(Nc2ncnc3ccc(C#CC(C)(C)O)cc23)ccc1Oc1cccnc1. The van der Waals surface area contributed by atoms with Crippen molar-refractivity contribution in [2.45, 2.75) is 26.4 Å². The van der Waals surface area contributed by atoms with Gasteiger partial charge in [0, 0.05) is 22.8 Å². The van der Waals surface area contributed by atoms with E-state index in [4.69, 9.17) is 4.74 Å². The lowest BCUT2D eigenvalue weighted by Crippen LogP contribution is -2.14. The topological polar surface area (TPSA) is 80.2 Å². The van der Waals surface area contributed by atoms with Crippen LogP contribution in [-0.4, -0.2) is 25.7 Å².